The molecule has 0 spiro atoms. The van der Waals surface area contributed by atoms with Crippen LogP contribution in [0.3, 0.4) is 0 Å². The third kappa shape index (κ3) is 2.53. The van der Waals surface area contributed by atoms with Gasteiger partial charge < -0.3 is 9.64 Å². The molecule has 25 heavy (non-hydrogen) atoms. The number of hydrogen-bond donors (Lipinski definition) is 0. The highest BCUT2D eigenvalue weighted by Gasteiger charge is 2.39. The van der Waals surface area contributed by atoms with E-state index in [0.717, 1.165) is 28.9 Å². The van der Waals surface area contributed by atoms with Crippen molar-refractivity contribution in [2.75, 3.05) is 18.6 Å². The molecule has 3 aromatic rings. The highest BCUT2D eigenvalue weighted by Crippen LogP contribution is 2.44. The normalized spacial score (nSPS) is 22.2. The van der Waals surface area contributed by atoms with Crippen molar-refractivity contribution in [1.82, 2.24) is 9.97 Å². The predicted octanol–water partition coefficient (Wildman–Crippen LogP) is 4.49. The third-order valence-electron chi connectivity index (χ3n) is 5.50. The maximum Gasteiger partial charge on any atom is 0.158 e. The van der Waals surface area contributed by atoms with E-state index in [1.54, 1.807) is 18.4 Å². The van der Waals surface area contributed by atoms with Gasteiger partial charge in [0.2, 0.25) is 0 Å². The molecular formula is C20H21N3OS. The number of aromatic nitrogens is 2. The topological polar surface area (TPSA) is 38.2 Å². The van der Waals surface area contributed by atoms with E-state index in [1.165, 1.54) is 35.8 Å². The first kappa shape index (κ1) is 15.3. The van der Waals surface area contributed by atoms with Crippen LogP contribution in [0.5, 0.6) is 0 Å². The van der Waals surface area contributed by atoms with Gasteiger partial charge in [-0.1, -0.05) is 30.3 Å². The lowest BCUT2D eigenvalue weighted by molar-refractivity contribution is 0.178. The Balaban J connectivity index is 1.70. The van der Waals surface area contributed by atoms with Gasteiger partial charge in [0, 0.05) is 30.6 Å². The lowest BCUT2D eigenvalue weighted by Crippen LogP contribution is -2.33. The Morgan fingerprint density at radius 3 is 2.80 bits per heavy atom. The average molecular weight is 351 g/mol. The molecule has 2 aliphatic rings. The molecule has 5 heteroatoms. The lowest BCUT2D eigenvalue weighted by atomic mass is 10.0. The Morgan fingerprint density at radius 1 is 1.20 bits per heavy atom. The molecule has 1 aliphatic carbocycles. The molecule has 1 aromatic carbocycles. The minimum atomic E-state index is 0.462. The minimum Gasteiger partial charge on any atom is -0.377 e. The van der Waals surface area contributed by atoms with E-state index in [2.05, 4.69) is 40.6 Å². The van der Waals surface area contributed by atoms with Gasteiger partial charge in [0.25, 0.3) is 0 Å². The fraction of sp³-hybridized carbons (Fsp3) is 0.400. The molecule has 1 aliphatic heterocycles. The van der Waals surface area contributed by atoms with Gasteiger partial charge in [-0.2, -0.15) is 0 Å². The molecule has 2 atom stereocenters. The molecule has 128 valence electrons. The van der Waals surface area contributed by atoms with E-state index in [4.69, 9.17) is 14.7 Å². The average Bonchev–Trinajstić information content (AvgIpc) is 3.37. The van der Waals surface area contributed by atoms with Crippen molar-refractivity contribution in [2.45, 2.75) is 31.9 Å². The van der Waals surface area contributed by atoms with Gasteiger partial charge in [-0.3, -0.25) is 0 Å². The first-order valence-electron chi connectivity index (χ1n) is 8.92. The molecule has 2 fully saturated rings. The summed E-state index contributed by atoms with van der Waals surface area (Å²) in [5.74, 6) is 2.73. The molecule has 0 radical (unpaired) electrons. The van der Waals surface area contributed by atoms with Crippen molar-refractivity contribution < 1.29 is 4.74 Å². The number of nitrogens with zero attached hydrogens (tertiary/aromatic N) is 3. The maximum absolute atomic E-state index is 5.31. The van der Waals surface area contributed by atoms with Crippen molar-refractivity contribution in [3.63, 3.8) is 0 Å². The SMILES string of the molecule is COCc1nc(N2CC3CCC2C3)c2c(-c3ccccc3)csc2n1. The highest BCUT2D eigenvalue weighted by molar-refractivity contribution is 7.17. The smallest absolute Gasteiger partial charge is 0.158 e. The summed E-state index contributed by atoms with van der Waals surface area (Å²) in [6.45, 7) is 1.59. The van der Waals surface area contributed by atoms with Crippen LogP contribution >= 0.6 is 11.3 Å². The Kier molecular flexibility index (Phi) is 3.71. The fourth-order valence-electron chi connectivity index (χ4n) is 4.38. The van der Waals surface area contributed by atoms with Crippen LogP contribution in [-0.2, 0) is 11.3 Å². The Hall–Kier alpha value is -1.98. The fourth-order valence-corrected chi connectivity index (χ4v) is 5.34. The molecule has 1 saturated carbocycles. The van der Waals surface area contributed by atoms with Crippen molar-refractivity contribution in [3.8, 4) is 11.1 Å². The van der Waals surface area contributed by atoms with E-state index in [9.17, 15) is 0 Å². The van der Waals surface area contributed by atoms with Crippen LogP contribution in [0.2, 0.25) is 0 Å². The molecule has 2 aromatic heterocycles. The number of rotatable bonds is 4. The monoisotopic (exact) mass is 351 g/mol. The standard InChI is InChI=1S/C20H21N3OS/c1-24-11-17-21-19(23-10-13-7-8-15(23)9-13)18-16(12-25-20(18)22-17)14-5-3-2-4-6-14/h2-6,12-13,15H,7-11H2,1H3. The van der Waals surface area contributed by atoms with Gasteiger partial charge in [0.15, 0.2) is 5.82 Å². The van der Waals surface area contributed by atoms with Crippen molar-refractivity contribution >= 4 is 27.4 Å². The van der Waals surface area contributed by atoms with Crippen LogP contribution in [0, 0.1) is 5.92 Å². The summed E-state index contributed by atoms with van der Waals surface area (Å²) in [5.41, 5.74) is 2.49. The number of ether oxygens (including phenoxy) is 1. The minimum absolute atomic E-state index is 0.462. The van der Waals surface area contributed by atoms with E-state index in [-0.39, 0.29) is 0 Å². The van der Waals surface area contributed by atoms with Gasteiger partial charge in [0.05, 0.1) is 5.39 Å². The van der Waals surface area contributed by atoms with Crippen LogP contribution in [0.4, 0.5) is 5.82 Å². The molecule has 2 bridgehead atoms. The number of benzene rings is 1. The zero-order chi connectivity index (χ0) is 16.8. The number of piperidine rings is 1. The Bertz CT molecular complexity index is 908. The Labute approximate surface area is 151 Å². The number of fused-ring (bicyclic) bond motifs is 3. The maximum atomic E-state index is 5.31. The summed E-state index contributed by atoms with van der Waals surface area (Å²) in [5, 5.41) is 3.44. The Morgan fingerprint density at radius 2 is 2.08 bits per heavy atom. The second kappa shape index (κ2) is 6.07. The van der Waals surface area contributed by atoms with Gasteiger partial charge in [0.1, 0.15) is 17.3 Å². The van der Waals surface area contributed by atoms with Crippen LogP contribution in [0.15, 0.2) is 35.7 Å². The molecule has 4 nitrogen and oxygen atoms in total. The first-order chi connectivity index (χ1) is 12.3. The summed E-state index contributed by atoms with van der Waals surface area (Å²) in [7, 11) is 1.70. The number of thiophene rings is 1. The first-order valence-corrected chi connectivity index (χ1v) is 9.80. The summed E-state index contributed by atoms with van der Waals surface area (Å²) in [6, 6.07) is 11.2. The zero-order valence-corrected chi connectivity index (χ0v) is 15.1. The van der Waals surface area contributed by atoms with E-state index >= 15 is 0 Å². The molecule has 5 rings (SSSR count). The number of hydrogen-bond acceptors (Lipinski definition) is 5. The quantitative estimate of drug-likeness (QED) is 0.694. The zero-order valence-electron chi connectivity index (χ0n) is 14.3. The molecule has 3 heterocycles. The molecule has 0 N–H and O–H groups in total. The molecule has 1 saturated heterocycles. The van der Waals surface area contributed by atoms with Gasteiger partial charge in [-0.15, -0.1) is 11.3 Å². The van der Waals surface area contributed by atoms with Crippen LogP contribution in [-0.4, -0.2) is 29.7 Å². The summed E-state index contributed by atoms with van der Waals surface area (Å²) >= 11 is 1.71. The third-order valence-corrected chi connectivity index (χ3v) is 6.37. The summed E-state index contributed by atoms with van der Waals surface area (Å²) in [6.07, 6.45) is 3.98. The van der Waals surface area contributed by atoms with Gasteiger partial charge in [-0.25, -0.2) is 9.97 Å². The van der Waals surface area contributed by atoms with Crippen molar-refractivity contribution in [3.05, 3.63) is 41.5 Å². The summed E-state index contributed by atoms with van der Waals surface area (Å²) in [4.78, 5) is 13.3. The van der Waals surface area contributed by atoms with E-state index < -0.39 is 0 Å². The van der Waals surface area contributed by atoms with Crippen molar-refractivity contribution in [1.29, 1.82) is 0 Å². The predicted molar refractivity (Wildman–Crippen MR) is 102 cm³/mol. The number of anilines is 1. The van der Waals surface area contributed by atoms with Crippen LogP contribution in [0.1, 0.15) is 25.1 Å². The molecule has 2 unspecified atom stereocenters. The molecular weight excluding hydrogens is 330 g/mol. The van der Waals surface area contributed by atoms with E-state index in [0.29, 0.717) is 12.6 Å². The molecule has 0 amide bonds. The van der Waals surface area contributed by atoms with Crippen molar-refractivity contribution in [2.24, 2.45) is 5.92 Å². The van der Waals surface area contributed by atoms with Gasteiger partial charge in [-0.05, 0) is 30.7 Å². The van der Waals surface area contributed by atoms with Crippen LogP contribution < -0.4 is 4.90 Å². The largest absolute Gasteiger partial charge is 0.377 e. The second-order valence-corrected chi connectivity index (χ2v) is 7.94. The summed E-state index contributed by atoms with van der Waals surface area (Å²) < 4.78 is 5.31. The second-order valence-electron chi connectivity index (χ2n) is 7.08. The van der Waals surface area contributed by atoms with Crippen LogP contribution in [0.25, 0.3) is 21.3 Å². The lowest BCUT2D eigenvalue weighted by Gasteiger charge is -2.29. The number of methoxy groups -OCH3 is 1. The van der Waals surface area contributed by atoms with Gasteiger partial charge >= 0.3 is 0 Å². The highest BCUT2D eigenvalue weighted by atomic mass is 32.1. The van der Waals surface area contributed by atoms with E-state index in [1.807, 2.05) is 0 Å².